The van der Waals surface area contributed by atoms with E-state index < -0.39 is 5.97 Å². The summed E-state index contributed by atoms with van der Waals surface area (Å²) in [6.07, 6.45) is 7.02. The number of carboxylic acid groups (broad SMARTS) is 1. The molecule has 1 atom stereocenters. The van der Waals surface area contributed by atoms with Crippen LogP contribution in [0.25, 0.3) is 33.7 Å². The van der Waals surface area contributed by atoms with Gasteiger partial charge in [0.1, 0.15) is 0 Å². The molecule has 0 bridgehead atoms. The first-order valence-corrected chi connectivity index (χ1v) is 12.3. The number of rotatable bonds is 5. The summed E-state index contributed by atoms with van der Waals surface area (Å²) in [6, 6.07) is 16.4. The molecular formula is C28H26N4O3. The number of fused-ring (bicyclic) bond motifs is 3. The number of benzene rings is 2. The molecule has 1 saturated carbocycles. The van der Waals surface area contributed by atoms with Crippen LogP contribution < -0.4 is 0 Å². The van der Waals surface area contributed by atoms with E-state index in [2.05, 4.69) is 32.9 Å². The van der Waals surface area contributed by atoms with Gasteiger partial charge in [-0.2, -0.15) is 10.2 Å². The summed E-state index contributed by atoms with van der Waals surface area (Å²) in [5, 5.41) is 24.2. The smallest absolute Gasteiger partial charge is 0.304 e. The molecule has 7 nitrogen and oxygen atoms in total. The summed E-state index contributed by atoms with van der Waals surface area (Å²) >= 11 is 0. The van der Waals surface area contributed by atoms with E-state index in [4.69, 9.17) is 4.52 Å². The van der Waals surface area contributed by atoms with Crippen molar-refractivity contribution < 1.29 is 14.4 Å². The van der Waals surface area contributed by atoms with Crippen LogP contribution in [0.3, 0.4) is 0 Å². The molecular weight excluding hydrogens is 440 g/mol. The monoisotopic (exact) mass is 466 g/mol. The van der Waals surface area contributed by atoms with Crippen LogP contribution in [0.15, 0.2) is 47.0 Å². The second-order valence-corrected chi connectivity index (χ2v) is 9.75. The normalized spacial score (nSPS) is 18.0. The van der Waals surface area contributed by atoms with E-state index >= 15 is 0 Å². The zero-order valence-corrected chi connectivity index (χ0v) is 19.4. The minimum absolute atomic E-state index is 0.0473. The van der Waals surface area contributed by atoms with Gasteiger partial charge < -0.3 is 14.2 Å². The SMILES string of the molecule is N#Cc1cc(-c2nc(-c3ccc4c(c3)cc3n4CCC3CC(=O)O)no2)ccc1C1CCCCC1. The number of hydrogen-bond acceptors (Lipinski definition) is 5. The highest BCUT2D eigenvalue weighted by Crippen LogP contribution is 2.38. The van der Waals surface area contributed by atoms with Gasteiger partial charge in [0.05, 0.1) is 18.1 Å². The number of carboxylic acids is 1. The third kappa shape index (κ3) is 3.89. The number of hydrogen-bond donors (Lipinski definition) is 1. The lowest BCUT2D eigenvalue weighted by Gasteiger charge is -2.22. The lowest BCUT2D eigenvalue weighted by Crippen LogP contribution is -2.06. The Morgan fingerprint density at radius 1 is 1.09 bits per heavy atom. The maximum absolute atomic E-state index is 11.2. The van der Waals surface area contributed by atoms with Crippen LogP contribution in [0.5, 0.6) is 0 Å². The molecule has 2 aromatic heterocycles. The highest BCUT2D eigenvalue weighted by Gasteiger charge is 2.27. The second-order valence-electron chi connectivity index (χ2n) is 9.75. The first kappa shape index (κ1) is 21.6. The quantitative estimate of drug-likeness (QED) is 0.373. The van der Waals surface area contributed by atoms with Crippen LogP contribution in [0.4, 0.5) is 0 Å². The minimum Gasteiger partial charge on any atom is -0.481 e. The van der Waals surface area contributed by atoms with Gasteiger partial charge in [0.15, 0.2) is 0 Å². The molecule has 0 spiro atoms. The maximum atomic E-state index is 11.2. The molecule has 2 aromatic carbocycles. The molecule has 176 valence electrons. The van der Waals surface area contributed by atoms with Gasteiger partial charge in [-0.3, -0.25) is 4.79 Å². The largest absolute Gasteiger partial charge is 0.481 e. The number of aromatic nitrogens is 3. The van der Waals surface area contributed by atoms with Crippen molar-refractivity contribution in [3.63, 3.8) is 0 Å². The van der Waals surface area contributed by atoms with Gasteiger partial charge in [-0.25, -0.2) is 0 Å². The molecule has 1 unspecified atom stereocenters. The number of nitrogens with zero attached hydrogens (tertiary/aromatic N) is 4. The number of carbonyl (C=O) groups is 1. The van der Waals surface area contributed by atoms with Crippen LogP contribution in [-0.4, -0.2) is 25.8 Å². The lowest BCUT2D eigenvalue weighted by atomic mass is 9.82. The Hall–Kier alpha value is -3.92. The van der Waals surface area contributed by atoms with Gasteiger partial charge in [0, 0.05) is 40.2 Å². The second kappa shape index (κ2) is 8.70. The van der Waals surface area contributed by atoms with Gasteiger partial charge in [-0.15, -0.1) is 0 Å². The summed E-state index contributed by atoms with van der Waals surface area (Å²) in [5.74, 6) is 0.626. The van der Waals surface area contributed by atoms with Gasteiger partial charge in [-0.05, 0) is 67.1 Å². The van der Waals surface area contributed by atoms with Gasteiger partial charge in [0.25, 0.3) is 5.89 Å². The summed E-state index contributed by atoms with van der Waals surface area (Å²) in [6.45, 7) is 0.834. The average Bonchev–Trinajstić information content (AvgIpc) is 3.60. The Morgan fingerprint density at radius 2 is 1.91 bits per heavy atom. The van der Waals surface area contributed by atoms with Crippen LogP contribution in [0, 0.1) is 11.3 Å². The summed E-state index contributed by atoms with van der Waals surface area (Å²) in [5.41, 5.74) is 5.58. The number of aryl methyl sites for hydroxylation is 1. The zero-order chi connectivity index (χ0) is 23.9. The van der Waals surface area contributed by atoms with Crippen LogP contribution in [0.1, 0.15) is 73.6 Å². The summed E-state index contributed by atoms with van der Waals surface area (Å²) in [4.78, 5) is 15.8. The van der Waals surface area contributed by atoms with E-state index in [1.165, 1.54) is 19.3 Å². The highest BCUT2D eigenvalue weighted by molar-refractivity contribution is 5.86. The van der Waals surface area contributed by atoms with E-state index in [1.807, 2.05) is 30.3 Å². The molecule has 3 heterocycles. The zero-order valence-electron chi connectivity index (χ0n) is 19.4. The fourth-order valence-corrected chi connectivity index (χ4v) is 5.88. The standard InChI is InChI=1S/C28H26N4O3/c29-16-22-13-20(6-8-23(22)17-4-2-1-3-5-17)28-30-27(31-35-28)19-7-9-24-21(12-19)14-25-18(15-26(33)34)10-11-32(24)25/h6-9,12-14,17-18H,1-5,10-11,15H2,(H,33,34). The van der Waals surface area contributed by atoms with Crippen molar-refractivity contribution in [2.24, 2.45) is 0 Å². The van der Waals surface area contributed by atoms with Gasteiger partial charge in [-0.1, -0.05) is 30.5 Å². The predicted molar refractivity (Wildman–Crippen MR) is 131 cm³/mol. The summed E-state index contributed by atoms with van der Waals surface area (Å²) < 4.78 is 7.80. The number of nitriles is 1. The molecule has 1 aliphatic heterocycles. The van der Waals surface area contributed by atoms with Gasteiger partial charge in [0.2, 0.25) is 5.82 Å². The van der Waals surface area contributed by atoms with Crippen molar-refractivity contribution >= 4 is 16.9 Å². The molecule has 1 fully saturated rings. The Bertz CT molecular complexity index is 1470. The molecule has 0 saturated heterocycles. The predicted octanol–water partition coefficient (Wildman–Crippen LogP) is 6.24. The Kier molecular flexibility index (Phi) is 5.37. The van der Waals surface area contributed by atoms with Gasteiger partial charge >= 0.3 is 5.97 Å². The third-order valence-electron chi connectivity index (χ3n) is 7.62. The van der Waals surface area contributed by atoms with Crippen LogP contribution in [0.2, 0.25) is 0 Å². The van der Waals surface area contributed by atoms with Crippen molar-refractivity contribution in [3.05, 3.63) is 59.3 Å². The Balaban J connectivity index is 1.29. The molecule has 0 amide bonds. The van der Waals surface area contributed by atoms with E-state index in [1.54, 1.807) is 0 Å². The fraction of sp³-hybridized carbons (Fsp3) is 0.357. The molecule has 1 aliphatic carbocycles. The van der Waals surface area contributed by atoms with Crippen molar-refractivity contribution in [2.45, 2.75) is 63.3 Å². The van der Waals surface area contributed by atoms with Crippen LogP contribution >= 0.6 is 0 Å². The lowest BCUT2D eigenvalue weighted by molar-refractivity contribution is -0.137. The topological polar surface area (TPSA) is 105 Å². The Morgan fingerprint density at radius 3 is 2.71 bits per heavy atom. The van der Waals surface area contributed by atoms with Crippen molar-refractivity contribution in [2.75, 3.05) is 0 Å². The van der Waals surface area contributed by atoms with Crippen molar-refractivity contribution in [1.82, 2.24) is 14.7 Å². The fourth-order valence-electron chi connectivity index (χ4n) is 5.88. The van der Waals surface area contributed by atoms with Crippen LogP contribution in [-0.2, 0) is 11.3 Å². The number of aliphatic carboxylic acids is 1. The molecule has 2 aliphatic rings. The first-order valence-electron chi connectivity index (χ1n) is 12.3. The van der Waals surface area contributed by atoms with Crippen molar-refractivity contribution in [1.29, 1.82) is 5.26 Å². The molecule has 0 radical (unpaired) electrons. The maximum Gasteiger partial charge on any atom is 0.304 e. The third-order valence-corrected chi connectivity index (χ3v) is 7.62. The molecule has 4 aromatic rings. The Labute approximate surface area is 203 Å². The highest BCUT2D eigenvalue weighted by atomic mass is 16.5. The molecule has 7 heteroatoms. The van der Waals surface area contributed by atoms with E-state index in [0.29, 0.717) is 23.2 Å². The van der Waals surface area contributed by atoms with E-state index in [-0.39, 0.29) is 12.3 Å². The molecule has 35 heavy (non-hydrogen) atoms. The summed E-state index contributed by atoms with van der Waals surface area (Å²) in [7, 11) is 0. The molecule has 6 rings (SSSR count). The average molecular weight is 467 g/mol. The van der Waals surface area contributed by atoms with Crippen molar-refractivity contribution in [3.8, 4) is 28.9 Å². The van der Waals surface area contributed by atoms with E-state index in [0.717, 1.165) is 59.1 Å². The minimum atomic E-state index is -0.764. The first-order chi connectivity index (χ1) is 17.1. The van der Waals surface area contributed by atoms with E-state index in [9.17, 15) is 15.2 Å². The molecule has 1 N–H and O–H groups in total.